The molecular weight excluding hydrogens is 498 g/mol. The second kappa shape index (κ2) is 6.54. The Labute approximate surface area is 150 Å². The van der Waals surface area contributed by atoms with Gasteiger partial charge in [-0.1, -0.05) is 11.6 Å². The molecule has 1 aromatic carbocycles. The molecule has 1 aromatic heterocycles. The second-order valence-corrected chi connectivity index (χ2v) is 8.49. The van der Waals surface area contributed by atoms with E-state index < -0.39 is 0 Å². The van der Waals surface area contributed by atoms with Gasteiger partial charge in [-0.2, -0.15) is 0 Å². The molecule has 0 unspecified atom stereocenters. The molecule has 0 aliphatic carbocycles. The van der Waals surface area contributed by atoms with Gasteiger partial charge < -0.3 is 0 Å². The van der Waals surface area contributed by atoms with Crippen molar-refractivity contribution in [2.75, 3.05) is 13.1 Å². The Kier molecular flexibility index (Phi) is 5.14. The molecule has 8 heteroatoms. The lowest BCUT2D eigenvalue weighted by molar-refractivity contribution is 0.584. The van der Waals surface area contributed by atoms with Gasteiger partial charge in [-0.25, -0.2) is 8.70 Å². The van der Waals surface area contributed by atoms with Crippen LogP contribution >= 0.6 is 69.8 Å². The monoisotopic (exact) mass is 506 g/mol. The summed E-state index contributed by atoms with van der Waals surface area (Å²) in [4.78, 5) is 0. The van der Waals surface area contributed by atoms with Crippen LogP contribution in [0.5, 0.6) is 0 Å². The number of aromatic nitrogens is 1. The molecule has 1 aliphatic rings. The number of nitrogens with zero attached hydrogens (tertiary/aromatic N) is 2. The van der Waals surface area contributed by atoms with E-state index in [9.17, 15) is 4.39 Å². The van der Waals surface area contributed by atoms with Crippen molar-refractivity contribution in [3.05, 3.63) is 27.4 Å². The van der Waals surface area contributed by atoms with Crippen LogP contribution in [0, 0.1) is 5.82 Å². The maximum atomic E-state index is 14.2. The van der Waals surface area contributed by atoms with Crippen molar-refractivity contribution in [2.24, 2.45) is 0 Å². The van der Waals surface area contributed by atoms with Gasteiger partial charge in [-0.3, -0.25) is 3.97 Å². The van der Waals surface area contributed by atoms with Gasteiger partial charge in [0.25, 0.3) is 0 Å². The Morgan fingerprint density at radius 1 is 1.30 bits per heavy atom. The predicted octanol–water partition coefficient (Wildman–Crippen LogP) is 6.15. The Hall–Kier alpha value is 0.850. The molecule has 3 rings (SSSR count). The van der Waals surface area contributed by atoms with Gasteiger partial charge in [-0.05, 0) is 52.9 Å². The zero-order valence-corrected chi connectivity index (χ0v) is 16.3. The third-order valence-corrected chi connectivity index (χ3v) is 7.51. The van der Waals surface area contributed by atoms with Gasteiger partial charge in [0.15, 0.2) is 0 Å². The third-order valence-electron chi connectivity index (χ3n) is 3.21. The minimum absolute atomic E-state index is 0.286. The van der Waals surface area contributed by atoms with Gasteiger partial charge in [-0.15, -0.1) is 0 Å². The van der Waals surface area contributed by atoms with Crippen LogP contribution in [0.15, 0.2) is 21.6 Å². The molecule has 0 saturated carbocycles. The van der Waals surface area contributed by atoms with Crippen molar-refractivity contribution in [3.8, 4) is 0 Å². The molecule has 20 heavy (non-hydrogen) atoms. The van der Waals surface area contributed by atoms with Crippen molar-refractivity contribution >= 4 is 80.7 Å². The first kappa shape index (κ1) is 15.7. The van der Waals surface area contributed by atoms with Crippen LogP contribution in [0.4, 0.5) is 4.39 Å². The Morgan fingerprint density at radius 2 is 2.00 bits per heavy atom. The van der Waals surface area contributed by atoms with Crippen LogP contribution < -0.4 is 0 Å². The summed E-state index contributed by atoms with van der Waals surface area (Å²) in [5, 5.41) is 2.26. The van der Waals surface area contributed by atoms with E-state index in [1.807, 2.05) is 10.0 Å². The highest BCUT2D eigenvalue weighted by molar-refractivity contribution is 14.2. The van der Waals surface area contributed by atoms with Crippen molar-refractivity contribution < 1.29 is 4.39 Å². The summed E-state index contributed by atoms with van der Waals surface area (Å²) < 4.78 is 19.2. The highest BCUT2D eigenvalue weighted by Crippen LogP contribution is 2.42. The summed E-state index contributed by atoms with van der Waals surface area (Å²) in [7, 11) is 1.48. The minimum atomic E-state index is -0.286. The molecule has 0 bridgehead atoms. The Balaban J connectivity index is 2.12. The number of fused-ring (bicyclic) bond motifs is 1. The number of hydrogen-bond donors (Lipinski definition) is 0. The average molecular weight is 508 g/mol. The third kappa shape index (κ3) is 2.86. The van der Waals surface area contributed by atoms with E-state index in [4.69, 9.17) is 11.6 Å². The van der Waals surface area contributed by atoms with Gasteiger partial charge in [0, 0.05) is 53.3 Å². The van der Waals surface area contributed by atoms with E-state index in [0.717, 1.165) is 28.0 Å². The Morgan fingerprint density at radius 3 is 2.65 bits per heavy atom. The van der Waals surface area contributed by atoms with Gasteiger partial charge in [0.1, 0.15) is 10.8 Å². The van der Waals surface area contributed by atoms with E-state index in [0.29, 0.717) is 10.5 Å². The normalized spacial score (nSPS) is 16.4. The van der Waals surface area contributed by atoms with E-state index in [1.54, 1.807) is 11.9 Å². The van der Waals surface area contributed by atoms with Crippen molar-refractivity contribution in [2.45, 2.75) is 17.9 Å². The van der Waals surface area contributed by atoms with Crippen molar-refractivity contribution in [1.29, 1.82) is 0 Å². The van der Waals surface area contributed by atoms with E-state index in [1.165, 1.54) is 28.0 Å². The molecule has 2 nitrogen and oxygen atoms in total. The van der Waals surface area contributed by atoms with Crippen LogP contribution in [0.25, 0.3) is 10.9 Å². The molecule has 0 N–H and O–H groups in total. The molecule has 1 fully saturated rings. The molecule has 0 radical (unpaired) electrons. The number of rotatable bonds is 3. The largest absolute Gasteiger partial charge is 0.265 e. The average Bonchev–Trinajstić information content (AvgIpc) is 3.04. The zero-order valence-electron chi connectivity index (χ0n) is 10.2. The first-order valence-electron chi connectivity index (χ1n) is 6.02. The molecule has 2 aromatic rings. The van der Waals surface area contributed by atoms with E-state index >= 15 is 0 Å². The van der Waals surface area contributed by atoms with E-state index in [-0.39, 0.29) is 5.82 Å². The summed E-state index contributed by atoms with van der Waals surface area (Å²) >= 11 is 13.4. The smallest absolute Gasteiger partial charge is 0.149 e. The molecule has 0 atom stereocenters. The zero-order chi connectivity index (χ0) is 14.3. The predicted molar refractivity (Wildman–Crippen MR) is 98.3 cm³/mol. The molecule has 0 amide bonds. The number of halogens is 4. The first-order valence-corrected chi connectivity index (χ1v) is 11.3. The van der Waals surface area contributed by atoms with E-state index in [2.05, 4.69) is 41.4 Å². The minimum Gasteiger partial charge on any atom is -0.265 e. The standard InChI is InChI=1S/C12H10BrClFIN2S2/c13-11-7-5-10(19-17-3-1-2-4-17)18(20-16)12(7)9(15)6-8(11)14/h5-6H,1-4H2. The molecule has 108 valence electrons. The number of benzene rings is 1. The Bertz CT molecular complexity index is 661. The van der Waals surface area contributed by atoms with Gasteiger partial charge >= 0.3 is 0 Å². The van der Waals surface area contributed by atoms with Crippen LogP contribution in [-0.4, -0.2) is 21.4 Å². The summed E-state index contributed by atoms with van der Waals surface area (Å²) in [6.45, 7) is 2.17. The van der Waals surface area contributed by atoms with Crippen LogP contribution in [0.2, 0.25) is 5.02 Å². The van der Waals surface area contributed by atoms with Crippen LogP contribution in [0.3, 0.4) is 0 Å². The van der Waals surface area contributed by atoms with Crippen molar-refractivity contribution in [3.63, 3.8) is 0 Å². The fourth-order valence-electron chi connectivity index (χ4n) is 2.28. The lowest BCUT2D eigenvalue weighted by atomic mass is 10.2. The molecular formula is C12H10BrClFIN2S2. The quantitative estimate of drug-likeness (QED) is 0.280. The highest BCUT2D eigenvalue weighted by atomic mass is 127. The van der Waals surface area contributed by atoms with Crippen LogP contribution in [0.1, 0.15) is 12.8 Å². The fourth-order valence-corrected chi connectivity index (χ4v) is 6.15. The first-order chi connectivity index (χ1) is 9.61. The topological polar surface area (TPSA) is 8.17 Å². The molecule has 2 heterocycles. The maximum Gasteiger partial charge on any atom is 0.149 e. The summed E-state index contributed by atoms with van der Waals surface area (Å²) in [5.41, 5.74) is 0.586. The summed E-state index contributed by atoms with van der Waals surface area (Å²) in [5.74, 6) is -0.286. The van der Waals surface area contributed by atoms with Gasteiger partial charge in [0.05, 0.1) is 10.5 Å². The van der Waals surface area contributed by atoms with Crippen LogP contribution in [-0.2, 0) is 0 Å². The fraction of sp³-hybridized carbons (Fsp3) is 0.333. The SMILES string of the molecule is Fc1cc(Cl)c(Br)c2cc(SN3CCCC3)n(SI)c12. The number of hydrogen-bond acceptors (Lipinski definition) is 3. The molecule has 1 saturated heterocycles. The highest BCUT2D eigenvalue weighted by Gasteiger charge is 2.21. The lowest BCUT2D eigenvalue weighted by Crippen LogP contribution is -2.09. The lowest BCUT2D eigenvalue weighted by Gasteiger charge is -2.13. The molecule has 0 spiro atoms. The van der Waals surface area contributed by atoms with Gasteiger partial charge in [0.2, 0.25) is 0 Å². The summed E-state index contributed by atoms with van der Waals surface area (Å²) in [6.07, 6.45) is 2.46. The second-order valence-electron chi connectivity index (χ2n) is 4.49. The van der Waals surface area contributed by atoms with Crippen molar-refractivity contribution in [1.82, 2.24) is 8.28 Å². The maximum absolute atomic E-state index is 14.2. The molecule has 1 aliphatic heterocycles. The summed E-state index contributed by atoms with van der Waals surface area (Å²) in [6, 6.07) is 3.37.